The molecule has 0 unspecified atom stereocenters. The average Bonchev–Trinajstić information content (AvgIpc) is 2.27. The standard InChI is InChI=1S/C13H17F3O2/c1-10-5-3-6-12(11(10)2)18-8-4-7-17-9-13(14,15)16/h3,5-6H,4,7-9H2,1-2H3. The summed E-state index contributed by atoms with van der Waals surface area (Å²) in [6.07, 6.45) is -3.82. The maximum absolute atomic E-state index is 11.8. The quantitative estimate of drug-likeness (QED) is 0.728. The van der Waals surface area contributed by atoms with Gasteiger partial charge in [0.05, 0.1) is 13.2 Å². The van der Waals surface area contributed by atoms with Gasteiger partial charge in [0.25, 0.3) is 0 Å². The summed E-state index contributed by atoms with van der Waals surface area (Å²) >= 11 is 0. The number of halogens is 3. The molecule has 5 heteroatoms. The Bertz CT molecular complexity index is 375. The summed E-state index contributed by atoms with van der Waals surface area (Å²) < 4.78 is 45.3. The molecule has 1 aromatic carbocycles. The monoisotopic (exact) mass is 262 g/mol. The molecular weight excluding hydrogens is 245 g/mol. The van der Waals surface area contributed by atoms with E-state index in [4.69, 9.17) is 4.74 Å². The van der Waals surface area contributed by atoms with E-state index >= 15 is 0 Å². The van der Waals surface area contributed by atoms with E-state index in [-0.39, 0.29) is 6.61 Å². The minimum atomic E-state index is -4.26. The van der Waals surface area contributed by atoms with Crippen LogP contribution >= 0.6 is 0 Å². The summed E-state index contributed by atoms with van der Waals surface area (Å²) in [5.41, 5.74) is 2.18. The molecule has 0 aliphatic rings. The Morgan fingerprint density at radius 2 is 1.83 bits per heavy atom. The highest BCUT2D eigenvalue weighted by Gasteiger charge is 2.27. The maximum atomic E-state index is 11.8. The van der Waals surface area contributed by atoms with Gasteiger partial charge in [0, 0.05) is 6.42 Å². The van der Waals surface area contributed by atoms with Crippen molar-refractivity contribution < 1.29 is 22.6 Å². The van der Waals surface area contributed by atoms with Crippen LogP contribution in [0.25, 0.3) is 0 Å². The first-order chi connectivity index (χ1) is 8.40. The highest BCUT2D eigenvalue weighted by atomic mass is 19.4. The molecule has 0 spiro atoms. The Labute approximate surface area is 105 Å². The molecule has 0 aliphatic carbocycles. The fraction of sp³-hybridized carbons (Fsp3) is 0.538. The van der Waals surface area contributed by atoms with Gasteiger partial charge in [0.2, 0.25) is 0 Å². The van der Waals surface area contributed by atoms with Crippen molar-refractivity contribution in [1.82, 2.24) is 0 Å². The Balaban J connectivity index is 2.20. The highest BCUT2D eigenvalue weighted by molar-refractivity contribution is 5.38. The molecule has 0 radical (unpaired) electrons. The van der Waals surface area contributed by atoms with E-state index in [0.717, 1.165) is 16.9 Å². The Hall–Kier alpha value is -1.23. The van der Waals surface area contributed by atoms with E-state index in [1.807, 2.05) is 32.0 Å². The van der Waals surface area contributed by atoms with Crippen molar-refractivity contribution in [2.24, 2.45) is 0 Å². The van der Waals surface area contributed by atoms with E-state index < -0.39 is 12.8 Å². The Morgan fingerprint density at radius 3 is 2.50 bits per heavy atom. The van der Waals surface area contributed by atoms with Gasteiger partial charge in [-0.15, -0.1) is 0 Å². The Morgan fingerprint density at radius 1 is 1.11 bits per heavy atom. The zero-order chi connectivity index (χ0) is 13.6. The third-order valence-corrected chi connectivity index (χ3v) is 2.51. The maximum Gasteiger partial charge on any atom is 0.411 e. The van der Waals surface area contributed by atoms with Crippen molar-refractivity contribution in [2.75, 3.05) is 19.8 Å². The average molecular weight is 262 g/mol. The van der Waals surface area contributed by atoms with Gasteiger partial charge in [-0.05, 0) is 31.0 Å². The number of aryl methyl sites for hydroxylation is 1. The number of rotatable bonds is 6. The molecule has 1 aromatic rings. The minimum Gasteiger partial charge on any atom is -0.493 e. The van der Waals surface area contributed by atoms with E-state index in [1.54, 1.807) is 0 Å². The predicted octanol–water partition coefficient (Wildman–Crippen LogP) is 3.65. The highest BCUT2D eigenvalue weighted by Crippen LogP contribution is 2.20. The van der Waals surface area contributed by atoms with E-state index in [0.29, 0.717) is 13.0 Å². The third kappa shape index (κ3) is 5.40. The van der Waals surface area contributed by atoms with Gasteiger partial charge in [-0.1, -0.05) is 12.1 Å². The second-order valence-corrected chi connectivity index (χ2v) is 4.07. The lowest BCUT2D eigenvalue weighted by molar-refractivity contribution is -0.174. The second-order valence-electron chi connectivity index (χ2n) is 4.07. The van der Waals surface area contributed by atoms with Crippen molar-refractivity contribution in [1.29, 1.82) is 0 Å². The largest absolute Gasteiger partial charge is 0.493 e. The van der Waals surface area contributed by atoms with Crippen molar-refractivity contribution in [3.8, 4) is 5.75 Å². The Kier molecular flexibility index (Phi) is 5.47. The topological polar surface area (TPSA) is 18.5 Å². The fourth-order valence-corrected chi connectivity index (χ4v) is 1.41. The summed E-state index contributed by atoms with van der Waals surface area (Å²) in [5, 5.41) is 0. The SMILES string of the molecule is Cc1cccc(OCCCOCC(F)(F)F)c1C. The van der Waals surface area contributed by atoms with E-state index in [1.165, 1.54) is 0 Å². The lowest BCUT2D eigenvalue weighted by Crippen LogP contribution is -2.18. The zero-order valence-electron chi connectivity index (χ0n) is 10.5. The number of benzene rings is 1. The smallest absolute Gasteiger partial charge is 0.411 e. The van der Waals surface area contributed by atoms with Crippen LogP contribution in [0.15, 0.2) is 18.2 Å². The molecule has 102 valence electrons. The molecule has 0 N–H and O–H groups in total. The van der Waals surface area contributed by atoms with Crippen LogP contribution in [0, 0.1) is 13.8 Å². The van der Waals surface area contributed by atoms with Crippen molar-refractivity contribution >= 4 is 0 Å². The van der Waals surface area contributed by atoms with Gasteiger partial charge >= 0.3 is 6.18 Å². The molecule has 0 amide bonds. The summed E-state index contributed by atoms with van der Waals surface area (Å²) in [5.74, 6) is 0.769. The van der Waals surface area contributed by atoms with Gasteiger partial charge in [-0.2, -0.15) is 13.2 Å². The normalized spacial score (nSPS) is 11.6. The molecule has 18 heavy (non-hydrogen) atoms. The molecule has 0 fully saturated rings. The van der Waals surface area contributed by atoms with Crippen LogP contribution < -0.4 is 4.74 Å². The van der Waals surface area contributed by atoms with Crippen LogP contribution in [0.5, 0.6) is 5.75 Å². The van der Waals surface area contributed by atoms with Crippen LogP contribution in [-0.4, -0.2) is 26.0 Å². The summed E-state index contributed by atoms with van der Waals surface area (Å²) in [7, 11) is 0. The molecule has 0 saturated carbocycles. The number of hydrogen-bond donors (Lipinski definition) is 0. The summed E-state index contributed by atoms with van der Waals surface area (Å²) in [4.78, 5) is 0. The molecule has 0 saturated heterocycles. The van der Waals surface area contributed by atoms with Crippen LogP contribution in [0.2, 0.25) is 0 Å². The first-order valence-electron chi connectivity index (χ1n) is 5.73. The van der Waals surface area contributed by atoms with E-state index in [2.05, 4.69) is 4.74 Å². The number of alkyl halides is 3. The van der Waals surface area contributed by atoms with Crippen LogP contribution in [0.1, 0.15) is 17.5 Å². The molecule has 1 rings (SSSR count). The van der Waals surface area contributed by atoms with Gasteiger partial charge in [-0.25, -0.2) is 0 Å². The molecule has 0 aromatic heterocycles. The number of hydrogen-bond acceptors (Lipinski definition) is 2. The first-order valence-corrected chi connectivity index (χ1v) is 5.73. The zero-order valence-corrected chi connectivity index (χ0v) is 10.5. The van der Waals surface area contributed by atoms with Gasteiger partial charge in [-0.3, -0.25) is 0 Å². The predicted molar refractivity (Wildman–Crippen MR) is 62.9 cm³/mol. The second kappa shape index (κ2) is 6.64. The minimum absolute atomic E-state index is 0.0460. The lowest BCUT2D eigenvalue weighted by atomic mass is 10.1. The van der Waals surface area contributed by atoms with Crippen LogP contribution in [0.3, 0.4) is 0 Å². The van der Waals surface area contributed by atoms with E-state index in [9.17, 15) is 13.2 Å². The molecular formula is C13H17F3O2. The molecule has 0 heterocycles. The lowest BCUT2D eigenvalue weighted by Gasteiger charge is -2.11. The molecule has 2 nitrogen and oxygen atoms in total. The number of ether oxygens (including phenoxy) is 2. The van der Waals surface area contributed by atoms with Gasteiger partial charge in [0.15, 0.2) is 0 Å². The van der Waals surface area contributed by atoms with Gasteiger partial charge in [0.1, 0.15) is 12.4 Å². The van der Waals surface area contributed by atoms with Crippen LogP contribution in [-0.2, 0) is 4.74 Å². The summed E-state index contributed by atoms with van der Waals surface area (Å²) in [6.45, 7) is 3.13. The molecule has 0 bridgehead atoms. The molecule has 0 aliphatic heterocycles. The van der Waals surface area contributed by atoms with Gasteiger partial charge < -0.3 is 9.47 Å². The van der Waals surface area contributed by atoms with Crippen molar-refractivity contribution in [3.05, 3.63) is 29.3 Å². The van der Waals surface area contributed by atoms with Crippen molar-refractivity contribution in [3.63, 3.8) is 0 Å². The van der Waals surface area contributed by atoms with Crippen molar-refractivity contribution in [2.45, 2.75) is 26.4 Å². The fourth-order valence-electron chi connectivity index (χ4n) is 1.41. The third-order valence-electron chi connectivity index (χ3n) is 2.51. The summed E-state index contributed by atoms with van der Waals surface area (Å²) in [6, 6.07) is 5.71. The molecule has 0 atom stereocenters. The first kappa shape index (κ1) is 14.8. The van der Waals surface area contributed by atoms with Crippen LogP contribution in [0.4, 0.5) is 13.2 Å².